The van der Waals surface area contributed by atoms with Gasteiger partial charge in [0.1, 0.15) is 6.04 Å². The van der Waals surface area contributed by atoms with Crippen LogP contribution in [0.4, 0.5) is 0 Å². The molecule has 6 nitrogen and oxygen atoms in total. The Balaban J connectivity index is 1.64. The lowest BCUT2D eigenvalue weighted by Crippen LogP contribution is -2.50. The summed E-state index contributed by atoms with van der Waals surface area (Å²) in [7, 11) is 3.13. The minimum atomic E-state index is -0.734. The van der Waals surface area contributed by atoms with E-state index in [1.807, 2.05) is 78.9 Å². The number of carbonyl (C=O) groups is 2. The SMILES string of the molecule is COc1ccc(CC(=O)N(Cc2ccccc2)[C@@H](Cc2ccccc2)C(=O)NCc2ccc(Cl)cc2)cc1OC. The van der Waals surface area contributed by atoms with Crippen molar-refractivity contribution in [3.63, 3.8) is 0 Å². The van der Waals surface area contributed by atoms with Crippen LogP contribution >= 0.6 is 11.6 Å². The van der Waals surface area contributed by atoms with Crippen LogP contribution in [0.3, 0.4) is 0 Å². The highest BCUT2D eigenvalue weighted by atomic mass is 35.5. The maximum Gasteiger partial charge on any atom is 0.243 e. The van der Waals surface area contributed by atoms with E-state index in [1.165, 1.54) is 0 Å². The standard InChI is InChI=1S/C33H33ClN2O4/c1-39-30-18-15-27(20-31(30)40-2)21-32(37)36(23-26-11-7-4-8-12-26)29(19-24-9-5-3-6-10-24)33(38)35-22-25-13-16-28(34)17-14-25/h3-18,20,29H,19,21-23H2,1-2H3,(H,35,38)/t29-/m0/s1. The van der Waals surface area contributed by atoms with E-state index in [4.69, 9.17) is 21.1 Å². The van der Waals surface area contributed by atoms with Gasteiger partial charge >= 0.3 is 0 Å². The van der Waals surface area contributed by atoms with E-state index in [0.29, 0.717) is 36.0 Å². The van der Waals surface area contributed by atoms with Crippen LogP contribution in [0.1, 0.15) is 22.3 Å². The third-order valence-electron chi connectivity index (χ3n) is 6.65. The highest BCUT2D eigenvalue weighted by Gasteiger charge is 2.30. The monoisotopic (exact) mass is 556 g/mol. The molecule has 0 fully saturated rings. The van der Waals surface area contributed by atoms with Crippen molar-refractivity contribution in [2.75, 3.05) is 14.2 Å². The summed E-state index contributed by atoms with van der Waals surface area (Å²) in [5, 5.41) is 3.68. The van der Waals surface area contributed by atoms with E-state index < -0.39 is 6.04 Å². The quantitative estimate of drug-likeness (QED) is 0.237. The second kappa shape index (κ2) is 14.2. The van der Waals surface area contributed by atoms with E-state index in [-0.39, 0.29) is 18.2 Å². The highest BCUT2D eigenvalue weighted by molar-refractivity contribution is 6.30. The minimum absolute atomic E-state index is 0.100. The van der Waals surface area contributed by atoms with Crippen molar-refractivity contribution in [3.8, 4) is 11.5 Å². The Labute approximate surface area is 240 Å². The van der Waals surface area contributed by atoms with Gasteiger partial charge in [-0.1, -0.05) is 90.5 Å². The molecule has 0 aliphatic rings. The van der Waals surface area contributed by atoms with Crippen LogP contribution in [0.25, 0.3) is 0 Å². The Bertz CT molecular complexity index is 1400. The Hall–Kier alpha value is -4.29. The number of methoxy groups -OCH3 is 2. The van der Waals surface area contributed by atoms with Crippen LogP contribution in [0.5, 0.6) is 11.5 Å². The molecule has 0 heterocycles. The molecule has 40 heavy (non-hydrogen) atoms. The molecule has 0 aliphatic heterocycles. The van der Waals surface area contributed by atoms with E-state index in [9.17, 15) is 9.59 Å². The number of hydrogen-bond donors (Lipinski definition) is 1. The van der Waals surface area contributed by atoms with Gasteiger partial charge in [-0.05, 0) is 46.5 Å². The van der Waals surface area contributed by atoms with E-state index >= 15 is 0 Å². The summed E-state index contributed by atoms with van der Waals surface area (Å²) in [4.78, 5) is 29.4. The lowest BCUT2D eigenvalue weighted by atomic mass is 10.0. The second-order valence-electron chi connectivity index (χ2n) is 9.42. The van der Waals surface area contributed by atoms with Crippen LogP contribution in [-0.4, -0.2) is 37.0 Å². The fourth-order valence-electron chi connectivity index (χ4n) is 4.51. The molecule has 7 heteroatoms. The zero-order chi connectivity index (χ0) is 28.3. The summed E-state index contributed by atoms with van der Waals surface area (Å²) >= 11 is 6.02. The molecule has 206 valence electrons. The molecular weight excluding hydrogens is 524 g/mol. The molecule has 4 aromatic carbocycles. The van der Waals surface area contributed by atoms with Crippen LogP contribution in [0, 0.1) is 0 Å². The topological polar surface area (TPSA) is 67.9 Å². The zero-order valence-corrected chi connectivity index (χ0v) is 23.4. The Morgan fingerprint density at radius 1 is 0.750 bits per heavy atom. The fraction of sp³-hybridized carbons (Fsp3) is 0.212. The predicted octanol–water partition coefficient (Wildman–Crippen LogP) is 5.86. The van der Waals surface area contributed by atoms with Gasteiger partial charge in [0, 0.05) is 24.5 Å². The van der Waals surface area contributed by atoms with Gasteiger partial charge in [0.25, 0.3) is 0 Å². The average molecular weight is 557 g/mol. The Kier molecular flexibility index (Phi) is 10.2. The first-order valence-corrected chi connectivity index (χ1v) is 13.4. The number of benzene rings is 4. The molecule has 1 atom stereocenters. The van der Waals surface area contributed by atoms with Crippen molar-refractivity contribution < 1.29 is 19.1 Å². The number of rotatable bonds is 12. The number of ether oxygens (including phenoxy) is 2. The molecule has 0 radical (unpaired) electrons. The molecule has 4 rings (SSSR count). The second-order valence-corrected chi connectivity index (χ2v) is 9.86. The average Bonchev–Trinajstić information content (AvgIpc) is 2.99. The van der Waals surface area contributed by atoms with Gasteiger partial charge in [-0.15, -0.1) is 0 Å². The summed E-state index contributed by atoms with van der Waals surface area (Å²) in [5.74, 6) is 0.737. The van der Waals surface area contributed by atoms with Gasteiger partial charge in [0.15, 0.2) is 11.5 Å². The maximum atomic E-state index is 14.0. The van der Waals surface area contributed by atoms with Gasteiger partial charge in [0.05, 0.1) is 20.6 Å². The van der Waals surface area contributed by atoms with E-state index in [1.54, 1.807) is 43.4 Å². The lowest BCUT2D eigenvalue weighted by molar-refractivity contribution is -0.140. The number of halogens is 1. The highest BCUT2D eigenvalue weighted by Crippen LogP contribution is 2.28. The smallest absolute Gasteiger partial charge is 0.243 e. The Morgan fingerprint density at radius 2 is 1.35 bits per heavy atom. The molecular formula is C33H33ClN2O4. The zero-order valence-electron chi connectivity index (χ0n) is 22.7. The van der Waals surface area contributed by atoms with Crippen LogP contribution in [-0.2, 0) is 35.5 Å². The van der Waals surface area contributed by atoms with E-state index in [0.717, 1.165) is 22.3 Å². The summed E-state index contributed by atoms with van der Waals surface area (Å²) in [6, 6.07) is 31.5. The summed E-state index contributed by atoms with van der Waals surface area (Å²) in [5.41, 5.74) is 3.58. The third kappa shape index (κ3) is 7.87. The Morgan fingerprint density at radius 3 is 1.98 bits per heavy atom. The molecule has 0 saturated carbocycles. The van der Waals surface area contributed by atoms with Gasteiger partial charge in [0.2, 0.25) is 11.8 Å². The van der Waals surface area contributed by atoms with Crippen molar-refractivity contribution in [3.05, 3.63) is 130 Å². The first kappa shape index (κ1) is 28.7. The first-order valence-electron chi connectivity index (χ1n) is 13.1. The molecule has 0 saturated heterocycles. The number of hydrogen-bond acceptors (Lipinski definition) is 4. The van der Waals surface area contributed by atoms with E-state index in [2.05, 4.69) is 5.32 Å². The number of nitrogens with zero attached hydrogens (tertiary/aromatic N) is 1. The van der Waals surface area contributed by atoms with Gasteiger partial charge in [-0.2, -0.15) is 0 Å². The largest absolute Gasteiger partial charge is 0.493 e. The summed E-state index contributed by atoms with van der Waals surface area (Å²) in [6.07, 6.45) is 0.473. The molecule has 0 aliphatic carbocycles. The van der Waals surface area contributed by atoms with Crippen LogP contribution < -0.4 is 14.8 Å². The lowest BCUT2D eigenvalue weighted by Gasteiger charge is -2.32. The van der Waals surface area contributed by atoms with Crippen molar-refractivity contribution >= 4 is 23.4 Å². The number of amides is 2. The van der Waals surface area contributed by atoms with Crippen molar-refractivity contribution in [2.24, 2.45) is 0 Å². The molecule has 0 unspecified atom stereocenters. The maximum absolute atomic E-state index is 14.0. The normalized spacial score (nSPS) is 11.4. The van der Waals surface area contributed by atoms with Gasteiger partial charge < -0.3 is 19.7 Å². The minimum Gasteiger partial charge on any atom is -0.493 e. The van der Waals surface area contributed by atoms with Crippen molar-refractivity contribution in [1.82, 2.24) is 10.2 Å². The summed E-state index contributed by atoms with van der Waals surface area (Å²) < 4.78 is 10.8. The fourth-order valence-corrected chi connectivity index (χ4v) is 4.64. The van der Waals surface area contributed by atoms with Gasteiger partial charge in [-0.25, -0.2) is 0 Å². The number of carbonyl (C=O) groups excluding carboxylic acids is 2. The molecule has 2 amide bonds. The molecule has 1 N–H and O–H groups in total. The van der Waals surface area contributed by atoms with Crippen molar-refractivity contribution in [2.45, 2.75) is 32.0 Å². The number of nitrogens with one attached hydrogen (secondary N) is 1. The first-order chi connectivity index (χ1) is 19.5. The van der Waals surface area contributed by atoms with Crippen LogP contribution in [0.15, 0.2) is 103 Å². The third-order valence-corrected chi connectivity index (χ3v) is 6.90. The predicted molar refractivity (Wildman–Crippen MR) is 157 cm³/mol. The molecule has 4 aromatic rings. The van der Waals surface area contributed by atoms with Crippen molar-refractivity contribution in [1.29, 1.82) is 0 Å². The summed E-state index contributed by atoms with van der Waals surface area (Å²) in [6.45, 7) is 0.614. The molecule has 0 bridgehead atoms. The van der Waals surface area contributed by atoms with Crippen LogP contribution in [0.2, 0.25) is 5.02 Å². The molecule has 0 aromatic heterocycles. The molecule has 0 spiro atoms. The van der Waals surface area contributed by atoms with Gasteiger partial charge in [-0.3, -0.25) is 9.59 Å².